The summed E-state index contributed by atoms with van der Waals surface area (Å²) < 4.78 is 18.0. The van der Waals surface area contributed by atoms with Gasteiger partial charge in [0.1, 0.15) is 5.82 Å². The van der Waals surface area contributed by atoms with Gasteiger partial charge in [-0.05, 0) is 12.5 Å². The van der Waals surface area contributed by atoms with E-state index in [-0.39, 0.29) is 11.5 Å². The van der Waals surface area contributed by atoms with Crippen LogP contribution in [-0.2, 0) is 4.74 Å². The van der Waals surface area contributed by atoms with E-state index in [4.69, 9.17) is 4.74 Å². The Bertz CT molecular complexity index is 378. The molecule has 1 amide bonds. The molecule has 4 nitrogen and oxygen atoms in total. The molecule has 1 saturated heterocycles. The van der Waals surface area contributed by atoms with E-state index in [9.17, 15) is 9.18 Å². The van der Waals surface area contributed by atoms with Gasteiger partial charge in [-0.1, -0.05) is 0 Å². The smallest absolute Gasteiger partial charge is 0.252 e. The predicted octanol–water partition coefficient (Wildman–Crippen LogP) is 0.987. The largest absolute Gasteiger partial charge is 0.381 e. The van der Waals surface area contributed by atoms with Gasteiger partial charge in [-0.15, -0.1) is 0 Å². The second kappa shape index (κ2) is 5.03. The zero-order valence-electron chi connectivity index (χ0n) is 8.78. The van der Waals surface area contributed by atoms with Gasteiger partial charge in [0.15, 0.2) is 0 Å². The number of hydrogen-bond donors (Lipinski definition) is 1. The van der Waals surface area contributed by atoms with Crippen molar-refractivity contribution in [2.75, 3.05) is 19.8 Å². The highest BCUT2D eigenvalue weighted by atomic mass is 19.1. The fourth-order valence-electron chi connectivity index (χ4n) is 1.62. The molecule has 1 aromatic rings. The molecule has 0 bridgehead atoms. The molecule has 2 heterocycles. The summed E-state index contributed by atoms with van der Waals surface area (Å²) in [5, 5.41) is 2.74. The van der Waals surface area contributed by atoms with Gasteiger partial charge in [-0.3, -0.25) is 9.78 Å². The summed E-state index contributed by atoms with van der Waals surface area (Å²) in [6.45, 7) is 2.00. The van der Waals surface area contributed by atoms with Gasteiger partial charge in [-0.25, -0.2) is 4.39 Å². The first-order valence-corrected chi connectivity index (χ1v) is 5.22. The normalized spacial score (nSPS) is 19.7. The lowest BCUT2D eigenvalue weighted by Crippen LogP contribution is -2.29. The standard InChI is InChI=1S/C11H13FN2O2/c12-10-3-9(5-13-6-10)11(15)14-4-8-1-2-16-7-8/h3,5-6,8H,1-2,4,7H2,(H,14,15). The first kappa shape index (κ1) is 11.0. The maximum atomic E-state index is 12.8. The molecule has 1 N–H and O–H groups in total. The van der Waals surface area contributed by atoms with E-state index in [1.165, 1.54) is 12.3 Å². The molecule has 0 spiro atoms. The van der Waals surface area contributed by atoms with Gasteiger partial charge < -0.3 is 10.1 Å². The van der Waals surface area contributed by atoms with Crippen LogP contribution < -0.4 is 5.32 Å². The average molecular weight is 224 g/mol. The number of pyridine rings is 1. The molecule has 1 aliphatic heterocycles. The first-order chi connectivity index (χ1) is 7.75. The number of aromatic nitrogens is 1. The number of halogens is 1. The van der Waals surface area contributed by atoms with Gasteiger partial charge >= 0.3 is 0 Å². The van der Waals surface area contributed by atoms with Crippen molar-refractivity contribution in [1.29, 1.82) is 0 Å². The molecule has 1 unspecified atom stereocenters. The Hall–Kier alpha value is -1.49. The van der Waals surface area contributed by atoms with E-state index < -0.39 is 5.82 Å². The van der Waals surface area contributed by atoms with E-state index in [0.717, 1.165) is 19.2 Å². The molecule has 1 fully saturated rings. The van der Waals surface area contributed by atoms with Crippen LogP contribution in [0.2, 0.25) is 0 Å². The van der Waals surface area contributed by atoms with Crippen molar-refractivity contribution in [3.63, 3.8) is 0 Å². The van der Waals surface area contributed by atoms with Crippen LogP contribution in [0.15, 0.2) is 18.5 Å². The van der Waals surface area contributed by atoms with Crippen molar-refractivity contribution < 1.29 is 13.9 Å². The van der Waals surface area contributed by atoms with E-state index in [1.807, 2.05) is 0 Å². The summed E-state index contributed by atoms with van der Waals surface area (Å²) in [6.07, 6.45) is 3.38. The molecular weight excluding hydrogens is 211 g/mol. The quantitative estimate of drug-likeness (QED) is 0.832. The highest BCUT2D eigenvalue weighted by molar-refractivity contribution is 5.93. The van der Waals surface area contributed by atoms with Gasteiger partial charge in [-0.2, -0.15) is 0 Å². The molecule has 1 aromatic heterocycles. The third-order valence-electron chi connectivity index (χ3n) is 2.54. The molecule has 86 valence electrons. The Kier molecular flexibility index (Phi) is 3.46. The fraction of sp³-hybridized carbons (Fsp3) is 0.455. The summed E-state index contributed by atoms with van der Waals surface area (Å²) in [5.74, 6) is -0.429. The predicted molar refractivity (Wildman–Crippen MR) is 55.5 cm³/mol. The average Bonchev–Trinajstić information content (AvgIpc) is 2.78. The van der Waals surface area contributed by atoms with Crippen LogP contribution in [0, 0.1) is 11.7 Å². The van der Waals surface area contributed by atoms with Crippen molar-refractivity contribution in [2.24, 2.45) is 5.92 Å². The molecule has 5 heteroatoms. The second-order valence-electron chi connectivity index (χ2n) is 3.83. The maximum absolute atomic E-state index is 12.8. The van der Waals surface area contributed by atoms with E-state index in [1.54, 1.807) is 0 Å². The number of amides is 1. The molecule has 2 rings (SSSR count). The second-order valence-corrected chi connectivity index (χ2v) is 3.83. The van der Waals surface area contributed by atoms with Crippen molar-refractivity contribution >= 4 is 5.91 Å². The number of ether oxygens (including phenoxy) is 1. The lowest BCUT2D eigenvalue weighted by Gasteiger charge is -2.09. The first-order valence-electron chi connectivity index (χ1n) is 5.22. The highest BCUT2D eigenvalue weighted by Gasteiger charge is 2.16. The summed E-state index contributed by atoms with van der Waals surface area (Å²) in [7, 11) is 0. The molecule has 0 aromatic carbocycles. The van der Waals surface area contributed by atoms with Gasteiger partial charge in [0, 0.05) is 25.3 Å². The summed E-state index contributed by atoms with van der Waals surface area (Å²) in [4.78, 5) is 15.2. The summed E-state index contributed by atoms with van der Waals surface area (Å²) >= 11 is 0. The minimum absolute atomic E-state index is 0.249. The molecule has 0 radical (unpaired) electrons. The Morgan fingerprint density at radius 3 is 3.19 bits per heavy atom. The maximum Gasteiger partial charge on any atom is 0.252 e. The molecular formula is C11H13FN2O2. The fourth-order valence-corrected chi connectivity index (χ4v) is 1.62. The number of carbonyl (C=O) groups excluding carboxylic acids is 1. The van der Waals surface area contributed by atoms with Crippen LogP contribution in [0.4, 0.5) is 4.39 Å². The molecule has 1 aliphatic rings. The van der Waals surface area contributed by atoms with E-state index in [2.05, 4.69) is 10.3 Å². The van der Waals surface area contributed by atoms with Crippen molar-refractivity contribution in [3.8, 4) is 0 Å². The highest BCUT2D eigenvalue weighted by Crippen LogP contribution is 2.11. The zero-order chi connectivity index (χ0) is 11.4. The molecule has 0 saturated carbocycles. The van der Waals surface area contributed by atoms with Crippen molar-refractivity contribution in [1.82, 2.24) is 10.3 Å². The minimum Gasteiger partial charge on any atom is -0.381 e. The number of nitrogens with one attached hydrogen (secondary N) is 1. The minimum atomic E-state index is -0.503. The van der Waals surface area contributed by atoms with Crippen LogP contribution in [-0.4, -0.2) is 30.6 Å². The molecule has 0 aliphatic carbocycles. The number of nitrogens with zero attached hydrogens (tertiary/aromatic N) is 1. The van der Waals surface area contributed by atoms with Crippen LogP contribution in [0.25, 0.3) is 0 Å². The SMILES string of the molecule is O=C(NCC1CCOC1)c1cncc(F)c1. The number of hydrogen-bond acceptors (Lipinski definition) is 3. The number of carbonyl (C=O) groups is 1. The van der Waals surface area contributed by atoms with E-state index in [0.29, 0.717) is 19.1 Å². The Morgan fingerprint density at radius 2 is 2.50 bits per heavy atom. The Balaban J connectivity index is 1.87. The number of rotatable bonds is 3. The lowest BCUT2D eigenvalue weighted by molar-refractivity contribution is 0.0944. The van der Waals surface area contributed by atoms with Gasteiger partial charge in [0.25, 0.3) is 5.91 Å². The monoisotopic (exact) mass is 224 g/mol. The molecule has 1 atom stereocenters. The van der Waals surface area contributed by atoms with Crippen molar-refractivity contribution in [2.45, 2.75) is 6.42 Å². The lowest BCUT2D eigenvalue weighted by atomic mass is 10.1. The Labute approximate surface area is 92.8 Å². The van der Waals surface area contributed by atoms with Crippen molar-refractivity contribution in [3.05, 3.63) is 29.8 Å². The van der Waals surface area contributed by atoms with Crippen LogP contribution >= 0.6 is 0 Å². The molecule has 16 heavy (non-hydrogen) atoms. The van der Waals surface area contributed by atoms with Crippen LogP contribution in [0.3, 0.4) is 0 Å². The van der Waals surface area contributed by atoms with Gasteiger partial charge in [0.2, 0.25) is 0 Å². The van der Waals surface area contributed by atoms with Crippen LogP contribution in [0.1, 0.15) is 16.8 Å². The third kappa shape index (κ3) is 2.76. The summed E-state index contributed by atoms with van der Waals surface area (Å²) in [6, 6.07) is 1.17. The zero-order valence-corrected chi connectivity index (χ0v) is 8.78. The van der Waals surface area contributed by atoms with E-state index >= 15 is 0 Å². The van der Waals surface area contributed by atoms with Crippen LogP contribution in [0.5, 0.6) is 0 Å². The topological polar surface area (TPSA) is 51.2 Å². The summed E-state index contributed by atoms with van der Waals surface area (Å²) in [5.41, 5.74) is 0.249. The van der Waals surface area contributed by atoms with Gasteiger partial charge in [0.05, 0.1) is 18.4 Å². The Morgan fingerprint density at radius 1 is 1.62 bits per heavy atom. The third-order valence-corrected chi connectivity index (χ3v) is 2.54.